The van der Waals surface area contributed by atoms with E-state index in [1.807, 2.05) is 36.4 Å². The molecular formula is C18H21N5. The molecule has 0 spiro atoms. The molecule has 0 aliphatic rings. The molecule has 5 nitrogen and oxygen atoms in total. The first kappa shape index (κ1) is 15.2. The highest BCUT2D eigenvalue weighted by molar-refractivity contribution is 5.91. The lowest BCUT2D eigenvalue weighted by Gasteiger charge is -2.18. The second kappa shape index (κ2) is 7.05. The molecule has 118 valence electrons. The van der Waals surface area contributed by atoms with Gasteiger partial charge < -0.3 is 10.2 Å². The van der Waals surface area contributed by atoms with Crippen LogP contribution in [0.15, 0.2) is 48.8 Å². The standard InChI is InChI=1S/C18H21N5/c1-3-4-13-23(2)16-10-12-20-18(22-16)21-15-9-5-7-14-8-6-11-19-17(14)15/h5-12H,3-4,13H2,1-2H3,(H,20,21,22). The molecule has 0 saturated carbocycles. The summed E-state index contributed by atoms with van der Waals surface area (Å²) in [5.74, 6) is 1.51. The molecule has 3 rings (SSSR count). The van der Waals surface area contributed by atoms with Crippen LogP contribution in [0, 0.1) is 0 Å². The zero-order valence-corrected chi connectivity index (χ0v) is 13.5. The predicted molar refractivity (Wildman–Crippen MR) is 95.2 cm³/mol. The van der Waals surface area contributed by atoms with Gasteiger partial charge in [-0.25, -0.2) is 4.98 Å². The Morgan fingerprint density at radius 2 is 1.91 bits per heavy atom. The van der Waals surface area contributed by atoms with E-state index in [-0.39, 0.29) is 0 Å². The average molecular weight is 307 g/mol. The predicted octanol–water partition coefficient (Wildman–Crippen LogP) is 4.00. The summed E-state index contributed by atoms with van der Waals surface area (Å²) in [6.45, 7) is 3.18. The van der Waals surface area contributed by atoms with Crippen molar-refractivity contribution in [3.63, 3.8) is 0 Å². The van der Waals surface area contributed by atoms with Crippen LogP contribution in [0.4, 0.5) is 17.5 Å². The number of unbranched alkanes of at least 4 members (excludes halogenated alkanes) is 1. The number of nitrogens with one attached hydrogen (secondary N) is 1. The number of benzene rings is 1. The van der Waals surface area contributed by atoms with Gasteiger partial charge in [-0.05, 0) is 24.6 Å². The summed E-state index contributed by atoms with van der Waals surface area (Å²) in [4.78, 5) is 15.5. The highest BCUT2D eigenvalue weighted by Gasteiger charge is 2.07. The molecule has 0 atom stereocenters. The summed E-state index contributed by atoms with van der Waals surface area (Å²) < 4.78 is 0. The van der Waals surface area contributed by atoms with Crippen LogP contribution in [0.25, 0.3) is 10.9 Å². The Balaban J connectivity index is 1.85. The van der Waals surface area contributed by atoms with Crippen molar-refractivity contribution in [1.29, 1.82) is 0 Å². The maximum atomic E-state index is 4.60. The lowest BCUT2D eigenvalue weighted by Crippen LogP contribution is -2.20. The zero-order chi connectivity index (χ0) is 16.1. The van der Waals surface area contributed by atoms with Gasteiger partial charge in [-0.2, -0.15) is 4.98 Å². The van der Waals surface area contributed by atoms with Crippen LogP contribution < -0.4 is 10.2 Å². The number of fused-ring (bicyclic) bond motifs is 1. The van der Waals surface area contributed by atoms with E-state index >= 15 is 0 Å². The van der Waals surface area contributed by atoms with Crippen LogP contribution >= 0.6 is 0 Å². The lowest BCUT2D eigenvalue weighted by atomic mass is 10.2. The van der Waals surface area contributed by atoms with Crippen LogP contribution in [-0.2, 0) is 0 Å². The van der Waals surface area contributed by atoms with Gasteiger partial charge in [-0.15, -0.1) is 0 Å². The molecule has 0 bridgehead atoms. The first-order chi connectivity index (χ1) is 11.3. The van der Waals surface area contributed by atoms with Gasteiger partial charge in [0.25, 0.3) is 0 Å². The molecule has 0 amide bonds. The quantitative estimate of drug-likeness (QED) is 0.746. The fourth-order valence-electron chi connectivity index (χ4n) is 2.46. The summed E-state index contributed by atoms with van der Waals surface area (Å²) in [7, 11) is 2.06. The molecule has 1 aromatic carbocycles. The van der Waals surface area contributed by atoms with Crippen molar-refractivity contribution in [3.05, 3.63) is 48.8 Å². The van der Waals surface area contributed by atoms with Crippen LogP contribution in [0.3, 0.4) is 0 Å². The van der Waals surface area contributed by atoms with E-state index in [2.05, 4.69) is 39.1 Å². The van der Waals surface area contributed by atoms with Crippen molar-refractivity contribution >= 4 is 28.4 Å². The minimum absolute atomic E-state index is 0.587. The number of nitrogens with zero attached hydrogens (tertiary/aromatic N) is 4. The Morgan fingerprint density at radius 3 is 2.78 bits per heavy atom. The Morgan fingerprint density at radius 1 is 1.04 bits per heavy atom. The van der Waals surface area contributed by atoms with E-state index in [1.165, 1.54) is 6.42 Å². The number of para-hydroxylation sites is 1. The van der Waals surface area contributed by atoms with Gasteiger partial charge in [-0.1, -0.05) is 31.5 Å². The van der Waals surface area contributed by atoms with Crippen molar-refractivity contribution in [2.75, 3.05) is 23.8 Å². The summed E-state index contributed by atoms with van der Waals surface area (Å²) in [5.41, 5.74) is 1.83. The molecule has 0 radical (unpaired) electrons. The number of rotatable bonds is 6. The number of hydrogen-bond acceptors (Lipinski definition) is 5. The highest BCUT2D eigenvalue weighted by Crippen LogP contribution is 2.23. The fraction of sp³-hybridized carbons (Fsp3) is 0.278. The molecule has 0 saturated heterocycles. The largest absolute Gasteiger partial charge is 0.360 e. The number of anilines is 3. The van der Waals surface area contributed by atoms with E-state index in [0.717, 1.165) is 35.4 Å². The first-order valence-corrected chi connectivity index (χ1v) is 7.93. The molecule has 2 aromatic heterocycles. The summed E-state index contributed by atoms with van der Waals surface area (Å²) in [6, 6.07) is 12.0. The number of pyridine rings is 1. The first-order valence-electron chi connectivity index (χ1n) is 7.93. The van der Waals surface area contributed by atoms with Gasteiger partial charge >= 0.3 is 0 Å². The van der Waals surface area contributed by atoms with Crippen LogP contribution in [0.1, 0.15) is 19.8 Å². The van der Waals surface area contributed by atoms with Gasteiger partial charge in [0.2, 0.25) is 5.95 Å². The van der Waals surface area contributed by atoms with Crippen LogP contribution in [0.2, 0.25) is 0 Å². The van der Waals surface area contributed by atoms with Crippen molar-refractivity contribution in [3.8, 4) is 0 Å². The maximum absolute atomic E-state index is 4.60. The molecule has 0 aliphatic carbocycles. The Kier molecular flexibility index (Phi) is 4.66. The monoisotopic (exact) mass is 307 g/mol. The second-order valence-electron chi connectivity index (χ2n) is 5.52. The molecule has 5 heteroatoms. The molecule has 1 N–H and O–H groups in total. The van der Waals surface area contributed by atoms with Gasteiger partial charge in [0.1, 0.15) is 5.82 Å². The summed E-state index contributed by atoms with van der Waals surface area (Å²) in [6.07, 6.45) is 5.90. The van der Waals surface area contributed by atoms with Crippen molar-refractivity contribution in [2.24, 2.45) is 0 Å². The van der Waals surface area contributed by atoms with Gasteiger partial charge in [0, 0.05) is 31.4 Å². The van der Waals surface area contributed by atoms with Crippen molar-refractivity contribution < 1.29 is 0 Å². The second-order valence-corrected chi connectivity index (χ2v) is 5.52. The highest BCUT2D eigenvalue weighted by atomic mass is 15.2. The topological polar surface area (TPSA) is 53.9 Å². The minimum Gasteiger partial charge on any atom is -0.360 e. The average Bonchev–Trinajstić information content (AvgIpc) is 2.60. The van der Waals surface area contributed by atoms with Crippen molar-refractivity contribution in [1.82, 2.24) is 15.0 Å². The smallest absolute Gasteiger partial charge is 0.229 e. The van der Waals surface area contributed by atoms with Gasteiger partial charge in [0.05, 0.1) is 11.2 Å². The van der Waals surface area contributed by atoms with Crippen LogP contribution in [-0.4, -0.2) is 28.5 Å². The fourth-order valence-corrected chi connectivity index (χ4v) is 2.46. The molecular weight excluding hydrogens is 286 g/mol. The maximum Gasteiger partial charge on any atom is 0.229 e. The Bertz CT molecular complexity index is 782. The Labute approximate surface area is 136 Å². The van der Waals surface area contributed by atoms with Crippen molar-refractivity contribution in [2.45, 2.75) is 19.8 Å². The lowest BCUT2D eigenvalue weighted by molar-refractivity contribution is 0.759. The molecule has 2 heterocycles. The van der Waals surface area contributed by atoms with Gasteiger partial charge in [0.15, 0.2) is 0 Å². The third-order valence-corrected chi connectivity index (χ3v) is 3.76. The summed E-state index contributed by atoms with van der Waals surface area (Å²) >= 11 is 0. The van der Waals surface area contributed by atoms with E-state index in [4.69, 9.17) is 0 Å². The zero-order valence-electron chi connectivity index (χ0n) is 13.5. The molecule has 23 heavy (non-hydrogen) atoms. The number of aromatic nitrogens is 3. The molecule has 0 aliphatic heterocycles. The van der Waals surface area contributed by atoms with Gasteiger partial charge in [-0.3, -0.25) is 4.98 Å². The molecule has 0 fully saturated rings. The van der Waals surface area contributed by atoms with E-state index < -0.39 is 0 Å². The SMILES string of the molecule is CCCCN(C)c1ccnc(Nc2cccc3cccnc23)n1. The third kappa shape index (κ3) is 3.56. The van der Waals surface area contributed by atoms with E-state index in [9.17, 15) is 0 Å². The minimum atomic E-state index is 0.587. The van der Waals surface area contributed by atoms with Crippen LogP contribution in [0.5, 0.6) is 0 Å². The molecule has 0 unspecified atom stereocenters. The van der Waals surface area contributed by atoms with E-state index in [0.29, 0.717) is 5.95 Å². The summed E-state index contributed by atoms with van der Waals surface area (Å²) in [5, 5.41) is 4.38. The normalized spacial score (nSPS) is 10.7. The van der Waals surface area contributed by atoms with E-state index in [1.54, 1.807) is 12.4 Å². The third-order valence-electron chi connectivity index (χ3n) is 3.76. The number of hydrogen-bond donors (Lipinski definition) is 1. The Hall–Kier alpha value is -2.69. The molecule has 3 aromatic rings.